The van der Waals surface area contributed by atoms with Crippen molar-refractivity contribution < 1.29 is 32.3 Å². The fourth-order valence-corrected chi connectivity index (χ4v) is 6.67. The van der Waals surface area contributed by atoms with Gasteiger partial charge >= 0.3 is 0 Å². The molecule has 0 fully saturated rings. The first-order valence-corrected chi connectivity index (χ1v) is 16.5. The van der Waals surface area contributed by atoms with Gasteiger partial charge in [-0.05, 0) is 70.9 Å². The van der Waals surface area contributed by atoms with Crippen LogP contribution in [0.15, 0.2) is 87.3 Å². The average Bonchev–Trinajstić information content (AvgIpc) is 3.03. The van der Waals surface area contributed by atoms with Gasteiger partial charge in [0.2, 0.25) is 0 Å². The van der Waals surface area contributed by atoms with Crippen LogP contribution in [0.5, 0.6) is 17.2 Å². The number of anilines is 1. The molecule has 246 valence electrons. The van der Waals surface area contributed by atoms with E-state index in [2.05, 4.69) is 26.5 Å². The van der Waals surface area contributed by atoms with Gasteiger partial charge < -0.3 is 14.2 Å². The van der Waals surface area contributed by atoms with Crippen molar-refractivity contribution in [2.24, 2.45) is 5.10 Å². The number of nitro benzene ring substituents is 1. The minimum Gasteiger partial charge on any atom is -0.495 e. The van der Waals surface area contributed by atoms with E-state index >= 15 is 0 Å². The number of hydrogen-bond donors (Lipinski definition) is 1. The lowest BCUT2D eigenvalue weighted by Gasteiger charge is -2.25. The summed E-state index contributed by atoms with van der Waals surface area (Å²) in [7, 11) is -1.78. The number of hydrogen-bond acceptors (Lipinski definition) is 9. The van der Waals surface area contributed by atoms with Crippen molar-refractivity contribution >= 4 is 72.7 Å². The van der Waals surface area contributed by atoms with Crippen molar-refractivity contribution in [3.05, 3.63) is 114 Å². The van der Waals surface area contributed by atoms with Crippen molar-refractivity contribution in [1.82, 2.24) is 5.43 Å². The van der Waals surface area contributed by atoms with Crippen molar-refractivity contribution in [2.45, 2.75) is 18.4 Å². The van der Waals surface area contributed by atoms with Crippen LogP contribution < -0.4 is 23.9 Å². The number of amides is 1. The van der Waals surface area contributed by atoms with Gasteiger partial charge in [0.15, 0.2) is 11.5 Å². The van der Waals surface area contributed by atoms with Crippen LogP contribution in [0.4, 0.5) is 11.4 Å². The highest BCUT2D eigenvalue weighted by Gasteiger charge is 2.31. The first-order valence-electron chi connectivity index (χ1n) is 13.5. The topological polar surface area (TPSA) is 150 Å². The van der Waals surface area contributed by atoms with Crippen LogP contribution in [0.2, 0.25) is 10.0 Å². The first kappa shape index (κ1) is 35.5. The summed E-state index contributed by atoms with van der Waals surface area (Å²) in [6.45, 7) is 0.887. The molecule has 12 nitrogen and oxygen atoms in total. The Kier molecular flexibility index (Phi) is 11.7. The molecule has 1 amide bonds. The van der Waals surface area contributed by atoms with Crippen LogP contribution in [0, 0.1) is 17.0 Å². The number of rotatable bonds is 13. The third-order valence-corrected chi connectivity index (χ3v) is 9.60. The molecule has 0 aliphatic heterocycles. The third kappa shape index (κ3) is 8.51. The lowest BCUT2D eigenvalue weighted by atomic mass is 10.2. The number of methoxy groups -OCH3 is 2. The quantitative estimate of drug-likeness (QED) is 0.0877. The van der Waals surface area contributed by atoms with E-state index in [1.54, 1.807) is 18.2 Å². The molecular weight excluding hydrogens is 739 g/mol. The van der Waals surface area contributed by atoms with Crippen molar-refractivity contribution in [3.63, 3.8) is 0 Å². The molecule has 0 atom stereocenters. The van der Waals surface area contributed by atoms with E-state index < -0.39 is 38.0 Å². The van der Waals surface area contributed by atoms with E-state index in [0.717, 1.165) is 15.9 Å². The minimum atomic E-state index is -4.56. The Hall–Kier alpha value is -4.37. The maximum Gasteiger partial charge on any atom is 0.273 e. The Bertz CT molecular complexity index is 1960. The molecule has 0 heterocycles. The zero-order valence-corrected chi connectivity index (χ0v) is 29.0. The molecule has 1 N–H and O–H groups in total. The first-order chi connectivity index (χ1) is 22.3. The summed E-state index contributed by atoms with van der Waals surface area (Å²) in [5.41, 5.74) is 3.39. The van der Waals surface area contributed by atoms with Gasteiger partial charge in [0.25, 0.3) is 21.6 Å². The Morgan fingerprint density at radius 1 is 1.04 bits per heavy atom. The van der Waals surface area contributed by atoms with Gasteiger partial charge in [-0.15, -0.1) is 0 Å². The van der Waals surface area contributed by atoms with Crippen molar-refractivity contribution in [3.8, 4) is 17.2 Å². The smallest absolute Gasteiger partial charge is 0.273 e. The molecule has 0 radical (unpaired) electrons. The molecule has 0 saturated carbocycles. The second-order valence-corrected chi connectivity index (χ2v) is 13.3. The van der Waals surface area contributed by atoms with Gasteiger partial charge in [-0.2, -0.15) is 5.10 Å². The summed E-state index contributed by atoms with van der Waals surface area (Å²) in [5.74, 6) is 0.0434. The Balaban J connectivity index is 1.58. The summed E-state index contributed by atoms with van der Waals surface area (Å²) in [6, 6.07) is 18.2. The Morgan fingerprint density at radius 2 is 1.77 bits per heavy atom. The predicted octanol–water partition coefficient (Wildman–Crippen LogP) is 6.91. The van der Waals surface area contributed by atoms with Gasteiger partial charge in [-0.25, -0.2) is 13.8 Å². The van der Waals surface area contributed by atoms with Crippen LogP contribution in [-0.2, 0) is 21.4 Å². The molecule has 0 saturated heterocycles. The summed E-state index contributed by atoms with van der Waals surface area (Å²) >= 11 is 15.9. The van der Waals surface area contributed by atoms with Crippen LogP contribution >= 0.6 is 39.1 Å². The lowest BCUT2D eigenvalue weighted by Crippen LogP contribution is -2.39. The number of nitro groups is 1. The summed E-state index contributed by atoms with van der Waals surface area (Å²) in [4.78, 5) is 23.6. The number of nitrogens with one attached hydrogen (secondary N) is 1. The van der Waals surface area contributed by atoms with Gasteiger partial charge in [0, 0.05) is 27.2 Å². The number of ether oxygens (including phenoxy) is 3. The van der Waals surface area contributed by atoms with Gasteiger partial charge in [0.1, 0.15) is 18.9 Å². The summed E-state index contributed by atoms with van der Waals surface area (Å²) < 4.78 is 45.8. The normalized spacial score (nSPS) is 11.3. The molecule has 0 unspecified atom stereocenters. The summed E-state index contributed by atoms with van der Waals surface area (Å²) in [6.07, 6.45) is 1.32. The van der Waals surface area contributed by atoms with E-state index in [0.29, 0.717) is 26.6 Å². The molecule has 47 heavy (non-hydrogen) atoms. The molecule has 4 aromatic rings. The Labute approximate surface area is 289 Å². The fraction of sp³-hybridized carbons (Fsp3) is 0.161. The zero-order chi connectivity index (χ0) is 34.3. The molecule has 4 aromatic carbocycles. The van der Waals surface area contributed by atoms with Gasteiger partial charge in [-0.1, -0.05) is 47.5 Å². The minimum absolute atomic E-state index is 0.0663. The number of sulfonamides is 1. The van der Waals surface area contributed by atoms with Crippen LogP contribution in [-0.4, -0.2) is 46.2 Å². The van der Waals surface area contributed by atoms with Crippen LogP contribution in [0.1, 0.15) is 16.7 Å². The highest BCUT2D eigenvalue weighted by molar-refractivity contribution is 9.10. The monoisotopic (exact) mass is 764 g/mol. The molecule has 0 aliphatic rings. The maximum atomic E-state index is 13.9. The number of hydrazone groups is 1. The lowest BCUT2D eigenvalue weighted by molar-refractivity contribution is -0.385. The number of carbonyl (C=O) groups excluding carboxylic acids is 1. The maximum absolute atomic E-state index is 13.9. The molecule has 0 spiro atoms. The SMILES string of the molecule is COc1ccc(Cl)cc1N(CC(=O)N/N=C\c1cc(Br)c(OCc2ccccc2Cl)c(OC)c1)S(=O)(=O)c1ccc(C)c([N+](=O)[O-])c1. The number of nitrogens with zero attached hydrogens (tertiary/aromatic N) is 3. The second-order valence-electron chi connectivity index (χ2n) is 9.74. The van der Waals surface area contributed by atoms with E-state index in [1.807, 2.05) is 18.2 Å². The number of halogens is 3. The van der Waals surface area contributed by atoms with E-state index in [9.17, 15) is 23.3 Å². The molecule has 0 aromatic heterocycles. The van der Waals surface area contributed by atoms with E-state index in [4.69, 9.17) is 37.4 Å². The molecule has 16 heteroatoms. The average molecular weight is 766 g/mol. The highest BCUT2D eigenvalue weighted by Crippen LogP contribution is 2.38. The number of carbonyl (C=O) groups is 1. The summed E-state index contributed by atoms with van der Waals surface area (Å²) in [5, 5.41) is 16.2. The van der Waals surface area contributed by atoms with Crippen LogP contribution in [0.3, 0.4) is 0 Å². The number of benzene rings is 4. The van der Waals surface area contributed by atoms with Crippen molar-refractivity contribution in [1.29, 1.82) is 0 Å². The van der Waals surface area contributed by atoms with E-state index in [-0.39, 0.29) is 28.6 Å². The largest absolute Gasteiger partial charge is 0.495 e. The zero-order valence-electron chi connectivity index (χ0n) is 25.1. The molecule has 0 aliphatic carbocycles. The second kappa shape index (κ2) is 15.5. The molecular formula is C31H27BrCl2N4O8S. The third-order valence-electron chi connectivity index (χ3n) is 6.65. The van der Waals surface area contributed by atoms with Crippen molar-refractivity contribution in [2.75, 3.05) is 25.1 Å². The fourth-order valence-electron chi connectivity index (χ4n) is 4.30. The molecule has 0 bridgehead atoms. The number of aryl methyl sites for hydroxylation is 1. The highest BCUT2D eigenvalue weighted by atomic mass is 79.9. The Morgan fingerprint density at radius 3 is 2.45 bits per heavy atom. The van der Waals surface area contributed by atoms with Gasteiger partial charge in [0.05, 0.1) is 40.4 Å². The van der Waals surface area contributed by atoms with E-state index in [1.165, 1.54) is 57.7 Å². The van der Waals surface area contributed by atoms with Gasteiger partial charge in [-0.3, -0.25) is 19.2 Å². The standard InChI is InChI=1S/C31H27BrCl2N4O8S/c1-19-8-10-23(15-26(19)38(40)41)47(42,43)37(27-14-22(33)9-11-28(27)44-2)17-30(39)36-35-16-20-12-24(32)31(29(13-20)45-3)46-18-21-6-4-5-7-25(21)34/h4-16H,17-18H2,1-3H3,(H,36,39)/b35-16-. The molecule has 4 rings (SSSR count). The van der Waals surface area contributed by atoms with Crippen LogP contribution in [0.25, 0.3) is 0 Å². The predicted molar refractivity (Wildman–Crippen MR) is 183 cm³/mol.